The number of nitrogens with zero attached hydrogens (tertiary/aromatic N) is 5. The molecule has 5 heterocycles. The monoisotopic (exact) mass is 587 g/mol. The molecular weight excluding hydrogens is 557 g/mol. The second-order valence-corrected chi connectivity index (χ2v) is 11.5. The van der Waals surface area contributed by atoms with Crippen LogP contribution in [0, 0.1) is 5.82 Å². The summed E-state index contributed by atoms with van der Waals surface area (Å²) in [6.07, 6.45) is 4.64. The molecule has 216 valence electrons. The SMILES string of the molecule is OC(O)c1ccc2nc(CN3CC=C(c4ccc5ccn(Cc6ccc(Cl)cc6F)c5n4)CC3)n(C[C@@H]3CCO3)c2c1. The molecule has 0 bridgehead atoms. The van der Waals surface area contributed by atoms with E-state index < -0.39 is 6.29 Å². The van der Waals surface area contributed by atoms with Crippen LogP contribution in [-0.4, -0.2) is 60.0 Å². The Kier molecular flexibility index (Phi) is 7.29. The van der Waals surface area contributed by atoms with Gasteiger partial charge < -0.3 is 24.1 Å². The second kappa shape index (κ2) is 11.2. The van der Waals surface area contributed by atoms with E-state index in [1.54, 1.807) is 18.2 Å². The Labute approximate surface area is 247 Å². The molecule has 1 atom stereocenters. The molecule has 1 fully saturated rings. The summed E-state index contributed by atoms with van der Waals surface area (Å²) in [5, 5.41) is 20.8. The average Bonchev–Trinajstić information content (AvgIpc) is 3.52. The minimum atomic E-state index is -1.53. The Morgan fingerprint density at radius 2 is 1.93 bits per heavy atom. The minimum absolute atomic E-state index is 0.146. The van der Waals surface area contributed by atoms with E-state index in [2.05, 4.69) is 27.7 Å². The topological polar surface area (TPSA) is 88.6 Å². The number of aliphatic hydroxyl groups is 2. The van der Waals surface area contributed by atoms with Crippen LogP contribution in [0.25, 0.3) is 27.6 Å². The highest BCUT2D eigenvalue weighted by Crippen LogP contribution is 2.28. The van der Waals surface area contributed by atoms with Gasteiger partial charge >= 0.3 is 0 Å². The number of imidazole rings is 1. The molecule has 5 aromatic rings. The fourth-order valence-electron chi connectivity index (χ4n) is 5.79. The van der Waals surface area contributed by atoms with Gasteiger partial charge in [-0.1, -0.05) is 29.8 Å². The summed E-state index contributed by atoms with van der Waals surface area (Å²) >= 11 is 5.93. The predicted molar refractivity (Wildman–Crippen MR) is 159 cm³/mol. The Morgan fingerprint density at radius 1 is 1.05 bits per heavy atom. The molecular formula is C32H31ClFN5O3. The lowest BCUT2D eigenvalue weighted by Crippen LogP contribution is -2.33. The van der Waals surface area contributed by atoms with Crippen molar-refractivity contribution in [3.8, 4) is 0 Å². The average molecular weight is 588 g/mol. The third-order valence-corrected chi connectivity index (χ3v) is 8.52. The van der Waals surface area contributed by atoms with Gasteiger partial charge in [-0.05, 0) is 60.9 Å². The van der Waals surface area contributed by atoms with E-state index in [-0.39, 0.29) is 11.9 Å². The Morgan fingerprint density at radius 3 is 2.67 bits per heavy atom. The van der Waals surface area contributed by atoms with Crippen LogP contribution in [-0.2, 0) is 24.4 Å². The van der Waals surface area contributed by atoms with Gasteiger partial charge in [-0.2, -0.15) is 0 Å². The van der Waals surface area contributed by atoms with Gasteiger partial charge in [-0.3, -0.25) is 4.90 Å². The highest BCUT2D eigenvalue weighted by molar-refractivity contribution is 6.30. The van der Waals surface area contributed by atoms with Crippen LogP contribution in [0.5, 0.6) is 0 Å². The van der Waals surface area contributed by atoms with Gasteiger partial charge in [0.05, 0.1) is 42.5 Å². The van der Waals surface area contributed by atoms with Crippen molar-refractivity contribution in [1.29, 1.82) is 0 Å². The van der Waals surface area contributed by atoms with Crippen molar-refractivity contribution in [3.63, 3.8) is 0 Å². The van der Waals surface area contributed by atoms with Gasteiger partial charge in [-0.15, -0.1) is 0 Å². The lowest BCUT2D eigenvalue weighted by atomic mass is 10.0. The molecule has 10 heteroatoms. The predicted octanol–water partition coefficient (Wildman–Crippen LogP) is 5.29. The molecule has 2 aliphatic rings. The van der Waals surface area contributed by atoms with Gasteiger partial charge in [-0.25, -0.2) is 14.4 Å². The summed E-state index contributed by atoms with van der Waals surface area (Å²) in [5.74, 6) is 0.615. The summed E-state index contributed by atoms with van der Waals surface area (Å²) < 4.78 is 24.3. The Hall–Kier alpha value is -3.60. The zero-order chi connectivity index (χ0) is 28.8. The summed E-state index contributed by atoms with van der Waals surface area (Å²) in [6, 6.07) is 16.3. The van der Waals surface area contributed by atoms with Crippen molar-refractivity contribution in [2.75, 3.05) is 19.7 Å². The third-order valence-electron chi connectivity index (χ3n) is 8.28. The summed E-state index contributed by atoms with van der Waals surface area (Å²) in [6.45, 7) is 4.12. The van der Waals surface area contributed by atoms with E-state index in [1.807, 2.05) is 29.0 Å². The zero-order valence-corrected chi connectivity index (χ0v) is 23.7. The molecule has 0 amide bonds. The number of ether oxygens (including phenoxy) is 1. The van der Waals surface area contributed by atoms with E-state index in [4.69, 9.17) is 26.3 Å². The van der Waals surface area contributed by atoms with Crippen LogP contribution in [0.3, 0.4) is 0 Å². The summed E-state index contributed by atoms with van der Waals surface area (Å²) in [7, 11) is 0. The van der Waals surface area contributed by atoms with E-state index in [0.29, 0.717) is 35.8 Å². The van der Waals surface area contributed by atoms with Crippen LogP contribution in [0.2, 0.25) is 5.02 Å². The molecule has 2 aromatic carbocycles. The van der Waals surface area contributed by atoms with Gasteiger partial charge in [0, 0.05) is 47.4 Å². The van der Waals surface area contributed by atoms with E-state index in [9.17, 15) is 14.6 Å². The summed E-state index contributed by atoms with van der Waals surface area (Å²) in [4.78, 5) is 12.2. The van der Waals surface area contributed by atoms with Gasteiger partial charge in [0.2, 0.25) is 0 Å². The van der Waals surface area contributed by atoms with Crippen LogP contribution < -0.4 is 0 Å². The number of aromatic nitrogens is 4. The first kappa shape index (κ1) is 27.2. The fourth-order valence-corrected chi connectivity index (χ4v) is 5.95. The maximum atomic E-state index is 14.5. The molecule has 1 saturated heterocycles. The smallest absolute Gasteiger partial charge is 0.178 e. The van der Waals surface area contributed by atoms with Crippen molar-refractivity contribution in [3.05, 3.63) is 100 Å². The molecule has 2 aliphatic heterocycles. The first-order valence-electron chi connectivity index (χ1n) is 14.2. The number of hydrogen-bond acceptors (Lipinski definition) is 6. The van der Waals surface area contributed by atoms with Crippen molar-refractivity contribution >= 4 is 39.2 Å². The maximum absolute atomic E-state index is 14.5. The zero-order valence-electron chi connectivity index (χ0n) is 23.0. The number of rotatable bonds is 8. The van der Waals surface area contributed by atoms with Gasteiger partial charge in [0.15, 0.2) is 6.29 Å². The van der Waals surface area contributed by atoms with Crippen molar-refractivity contribution in [2.24, 2.45) is 0 Å². The number of benzene rings is 2. The molecule has 0 radical (unpaired) electrons. The number of hydrogen-bond donors (Lipinski definition) is 2. The van der Waals surface area contributed by atoms with Crippen LogP contribution in [0.4, 0.5) is 4.39 Å². The number of fused-ring (bicyclic) bond motifs is 2. The molecule has 0 aliphatic carbocycles. The second-order valence-electron chi connectivity index (χ2n) is 11.0. The van der Waals surface area contributed by atoms with E-state index in [0.717, 1.165) is 66.1 Å². The highest BCUT2D eigenvalue weighted by Gasteiger charge is 2.24. The molecule has 0 unspecified atom stereocenters. The number of aliphatic hydroxyl groups excluding tert-OH is 1. The largest absolute Gasteiger partial charge is 0.376 e. The molecule has 42 heavy (non-hydrogen) atoms. The molecule has 3 aromatic heterocycles. The summed E-state index contributed by atoms with van der Waals surface area (Å²) in [5.41, 5.74) is 5.68. The van der Waals surface area contributed by atoms with E-state index in [1.165, 1.54) is 11.6 Å². The quantitative estimate of drug-likeness (QED) is 0.240. The highest BCUT2D eigenvalue weighted by atomic mass is 35.5. The van der Waals surface area contributed by atoms with Crippen LogP contribution >= 0.6 is 11.6 Å². The third kappa shape index (κ3) is 5.34. The first-order valence-corrected chi connectivity index (χ1v) is 14.6. The Bertz CT molecular complexity index is 1810. The molecule has 7 rings (SSSR count). The first-order chi connectivity index (χ1) is 20.4. The van der Waals surface area contributed by atoms with Gasteiger partial charge in [0.1, 0.15) is 17.3 Å². The van der Waals surface area contributed by atoms with Crippen LogP contribution in [0.1, 0.15) is 41.8 Å². The maximum Gasteiger partial charge on any atom is 0.178 e. The standard InChI is InChI=1S/C32H31ClFN5O3/c33-24-4-1-23(26(34)16-24)17-38-13-9-21-2-5-27(36-31(21)38)20-7-11-37(12-8-20)19-30-35-28-6-3-22(32(40)41)15-29(28)39(30)18-25-10-14-42-25/h1-7,9,13,15-16,25,32,40-41H,8,10-12,14,17-19H2/t25-/m0/s1. The van der Waals surface area contributed by atoms with E-state index >= 15 is 0 Å². The molecule has 8 nitrogen and oxygen atoms in total. The lowest BCUT2D eigenvalue weighted by molar-refractivity contribution is -0.0592. The number of halogens is 2. The fraction of sp³-hybridized carbons (Fsp3) is 0.312. The molecule has 0 spiro atoms. The Balaban J connectivity index is 1.10. The van der Waals surface area contributed by atoms with Crippen LogP contribution in [0.15, 0.2) is 66.9 Å². The lowest BCUT2D eigenvalue weighted by Gasteiger charge is -2.29. The van der Waals surface area contributed by atoms with Crippen molar-refractivity contribution in [2.45, 2.75) is 44.9 Å². The molecule has 0 saturated carbocycles. The number of pyridine rings is 1. The normalized spacial score (nSPS) is 17.7. The minimum Gasteiger partial charge on any atom is -0.376 e. The molecule has 2 N–H and O–H groups in total. The van der Waals surface area contributed by atoms with Crippen molar-refractivity contribution in [1.82, 2.24) is 24.0 Å². The van der Waals surface area contributed by atoms with Gasteiger partial charge in [0.25, 0.3) is 0 Å². The van der Waals surface area contributed by atoms with Crippen molar-refractivity contribution < 1.29 is 19.3 Å².